The van der Waals surface area contributed by atoms with E-state index in [1.54, 1.807) is 12.1 Å². The fourth-order valence-corrected chi connectivity index (χ4v) is 4.08. The molecule has 1 N–H and O–H groups in total. The third-order valence-electron chi connectivity index (χ3n) is 4.03. The van der Waals surface area contributed by atoms with E-state index in [2.05, 4.69) is 0 Å². The van der Waals surface area contributed by atoms with E-state index in [1.165, 1.54) is 24.3 Å². The van der Waals surface area contributed by atoms with E-state index in [9.17, 15) is 18.3 Å². The molecule has 1 fully saturated rings. The Bertz CT molecular complexity index is 1110. The summed E-state index contributed by atoms with van der Waals surface area (Å²) in [5, 5.41) is 11.0. The summed E-state index contributed by atoms with van der Waals surface area (Å²) in [6.07, 6.45) is 1.82. The second-order valence-electron chi connectivity index (χ2n) is 6.03. The molecule has 1 aromatic heterocycles. The highest BCUT2D eigenvalue weighted by Gasteiger charge is 2.29. The molecule has 0 amide bonds. The van der Waals surface area contributed by atoms with Crippen molar-refractivity contribution in [2.24, 2.45) is 5.92 Å². The standard InChI is InChI=1S/C17H14O6S/c18-11-3-5-13-14-6-4-12(23-24(20,21)9-10-1-2-10)8-16(14)22-17(19)15(13)7-11/h3-8,10,18H,1-2,9H2. The molecule has 1 saturated carbocycles. The molecule has 0 unspecified atom stereocenters. The molecule has 24 heavy (non-hydrogen) atoms. The largest absolute Gasteiger partial charge is 0.508 e. The molecule has 1 aliphatic carbocycles. The number of aromatic hydroxyl groups is 1. The number of hydrogen-bond acceptors (Lipinski definition) is 6. The number of phenolic OH excluding ortho intramolecular Hbond substituents is 1. The number of fused-ring (bicyclic) bond motifs is 3. The first-order valence-electron chi connectivity index (χ1n) is 7.53. The predicted octanol–water partition coefficient (Wildman–Crippen LogP) is 2.77. The minimum absolute atomic E-state index is 0.00594. The van der Waals surface area contributed by atoms with Gasteiger partial charge in [-0.3, -0.25) is 0 Å². The van der Waals surface area contributed by atoms with Crippen LogP contribution in [0.1, 0.15) is 12.8 Å². The van der Waals surface area contributed by atoms with Gasteiger partial charge in [-0.1, -0.05) is 0 Å². The summed E-state index contributed by atoms with van der Waals surface area (Å²) in [7, 11) is -3.65. The molecule has 1 aliphatic rings. The fourth-order valence-electron chi connectivity index (χ4n) is 2.71. The Morgan fingerprint density at radius 3 is 2.58 bits per heavy atom. The molecule has 6 nitrogen and oxygen atoms in total. The smallest absolute Gasteiger partial charge is 0.344 e. The average molecular weight is 346 g/mol. The van der Waals surface area contributed by atoms with Crippen molar-refractivity contribution in [3.05, 3.63) is 46.8 Å². The van der Waals surface area contributed by atoms with Crippen molar-refractivity contribution in [2.75, 3.05) is 5.75 Å². The normalized spacial score (nSPS) is 15.0. The van der Waals surface area contributed by atoms with Crippen molar-refractivity contribution in [3.8, 4) is 11.5 Å². The zero-order valence-electron chi connectivity index (χ0n) is 12.6. The Morgan fingerprint density at radius 1 is 1.08 bits per heavy atom. The molecule has 0 saturated heterocycles. The minimum atomic E-state index is -3.65. The molecule has 0 atom stereocenters. The van der Waals surface area contributed by atoms with Crippen LogP contribution in [0.3, 0.4) is 0 Å². The van der Waals surface area contributed by atoms with Gasteiger partial charge in [0.1, 0.15) is 17.1 Å². The first-order chi connectivity index (χ1) is 11.4. The van der Waals surface area contributed by atoms with Gasteiger partial charge in [-0.25, -0.2) is 4.79 Å². The Kier molecular flexibility index (Phi) is 3.28. The van der Waals surface area contributed by atoms with Gasteiger partial charge in [0.15, 0.2) is 0 Å². The highest BCUT2D eigenvalue weighted by molar-refractivity contribution is 7.87. The second-order valence-corrected chi connectivity index (χ2v) is 7.64. The van der Waals surface area contributed by atoms with Gasteiger partial charge < -0.3 is 13.7 Å². The van der Waals surface area contributed by atoms with Gasteiger partial charge in [0.25, 0.3) is 0 Å². The summed E-state index contributed by atoms with van der Waals surface area (Å²) in [5.41, 5.74) is -0.372. The lowest BCUT2D eigenvalue weighted by molar-refractivity contribution is 0.475. The van der Waals surface area contributed by atoms with Crippen LogP contribution >= 0.6 is 0 Å². The maximum absolute atomic E-state index is 12.1. The molecule has 0 aliphatic heterocycles. The lowest BCUT2D eigenvalue weighted by atomic mass is 10.1. The quantitative estimate of drug-likeness (QED) is 0.443. The highest BCUT2D eigenvalue weighted by Crippen LogP contribution is 2.32. The van der Waals surface area contributed by atoms with E-state index in [0.717, 1.165) is 12.8 Å². The summed E-state index contributed by atoms with van der Waals surface area (Å²) in [5.74, 6) is 0.279. The van der Waals surface area contributed by atoms with E-state index < -0.39 is 15.7 Å². The maximum atomic E-state index is 12.1. The summed E-state index contributed by atoms with van der Waals surface area (Å²) in [6.45, 7) is 0. The zero-order valence-corrected chi connectivity index (χ0v) is 13.4. The molecule has 0 radical (unpaired) electrons. The number of hydrogen-bond donors (Lipinski definition) is 1. The van der Waals surface area contributed by atoms with Crippen molar-refractivity contribution in [1.29, 1.82) is 0 Å². The topological polar surface area (TPSA) is 93.8 Å². The molecule has 7 heteroatoms. The maximum Gasteiger partial charge on any atom is 0.344 e. The first kappa shape index (κ1) is 15.0. The Labute approximate surface area is 137 Å². The molecular weight excluding hydrogens is 332 g/mol. The molecule has 0 spiro atoms. The summed E-state index contributed by atoms with van der Waals surface area (Å²) in [4.78, 5) is 12.1. The monoisotopic (exact) mass is 346 g/mol. The van der Waals surface area contributed by atoms with Crippen LogP contribution in [0, 0.1) is 5.92 Å². The van der Waals surface area contributed by atoms with Crippen LogP contribution in [-0.2, 0) is 10.1 Å². The highest BCUT2D eigenvalue weighted by atomic mass is 32.2. The molecule has 0 bridgehead atoms. The predicted molar refractivity (Wildman–Crippen MR) is 88.8 cm³/mol. The van der Waals surface area contributed by atoms with Crippen LogP contribution in [-0.4, -0.2) is 19.3 Å². The van der Waals surface area contributed by atoms with E-state index in [-0.39, 0.29) is 34.1 Å². The molecular formula is C17H14O6S. The third-order valence-corrected chi connectivity index (χ3v) is 5.35. The Hall–Kier alpha value is -2.54. The Balaban J connectivity index is 1.79. The molecule has 124 valence electrons. The van der Waals surface area contributed by atoms with Crippen LogP contribution in [0.5, 0.6) is 11.5 Å². The van der Waals surface area contributed by atoms with Gasteiger partial charge in [0, 0.05) is 16.8 Å². The van der Waals surface area contributed by atoms with Crippen LogP contribution in [0.15, 0.2) is 45.6 Å². The van der Waals surface area contributed by atoms with Crippen LogP contribution in [0.25, 0.3) is 21.7 Å². The summed E-state index contributed by atoms with van der Waals surface area (Å²) < 4.78 is 34.3. The third kappa shape index (κ3) is 2.82. The molecule has 1 heterocycles. The lowest BCUT2D eigenvalue weighted by Gasteiger charge is -2.08. The summed E-state index contributed by atoms with van der Waals surface area (Å²) in [6, 6.07) is 9.00. The SMILES string of the molecule is O=c1oc2cc(OS(=O)(=O)CC3CC3)ccc2c2ccc(O)cc12. The second kappa shape index (κ2) is 5.24. The number of benzene rings is 2. The van der Waals surface area contributed by atoms with Crippen molar-refractivity contribution in [1.82, 2.24) is 0 Å². The van der Waals surface area contributed by atoms with Gasteiger partial charge in [0.2, 0.25) is 0 Å². The minimum Gasteiger partial charge on any atom is -0.508 e. The Morgan fingerprint density at radius 2 is 1.83 bits per heavy atom. The fraction of sp³-hybridized carbons (Fsp3) is 0.235. The summed E-state index contributed by atoms with van der Waals surface area (Å²) >= 11 is 0. The van der Waals surface area contributed by atoms with E-state index in [4.69, 9.17) is 8.60 Å². The number of rotatable bonds is 4. The van der Waals surface area contributed by atoms with Crippen LogP contribution in [0.2, 0.25) is 0 Å². The van der Waals surface area contributed by atoms with E-state index in [0.29, 0.717) is 10.8 Å². The van der Waals surface area contributed by atoms with Crippen molar-refractivity contribution in [3.63, 3.8) is 0 Å². The van der Waals surface area contributed by atoms with Gasteiger partial charge in [-0.15, -0.1) is 0 Å². The van der Waals surface area contributed by atoms with Crippen LogP contribution in [0.4, 0.5) is 0 Å². The van der Waals surface area contributed by atoms with E-state index >= 15 is 0 Å². The molecule has 2 aromatic carbocycles. The zero-order chi connectivity index (χ0) is 16.9. The van der Waals surface area contributed by atoms with Crippen molar-refractivity contribution >= 4 is 31.9 Å². The van der Waals surface area contributed by atoms with Gasteiger partial charge in [0.05, 0.1) is 11.1 Å². The lowest BCUT2D eigenvalue weighted by Crippen LogP contribution is -2.15. The molecule has 3 aromatic rings. The van der Waals surface area contributed by atoms with Gasteiger partial charge in [-0.05, 0) is 49.1 Å². The number of phenols is 1. The van der Waals surface area contributed by atoms with Crippen molar-refractivity contribution in [2.45, 2.75) is 12.8 Å². The first-order valence-corrected chi connectivity index (χ1v) is 9.11. The van der Waals surface area contributed by atoms with E-state index in [1.807, 2.05) is 0 Å². The molecule has 4 rings (SSSR count). The van der Waals surface area contributed by atoms with Gasteiger partial charge in [-0.2, -0.15) is 8.42 Å². The average Bonchev–Trinajstić information content (AvgIpc) is 3.30. The van der Waals surface area contributed by atoms with Crippen molar-refractivity contribution < 1.29 is 22.1 Å². The van der Waals surface area contributed by atoms with Crippen LogP contribution < -0.4 is 9.81 Å². The van der Waals surface area contributed by atoms with Gasteiger partial charge >= 0.3 is 15.7 Å².